The van der Waals surface area contributed by atoms with E-state index in [0.29, 0.717) is 12.5 Å². The standard InChI is InChI=1S/C18H20N2O/c1-12(2)9-14-7-3-5-13-6-4-8-15(17(13)14)10-16-11-19-20-18(16)21/h3-8,10,12,19H,9,11H2,1-2H3,(H,20,21)/b16-10+. The summed E-state index contributed by atoms with van der Waals surface area (Å²) in [5.41, 5.74) is 8.75. The molecule has 3 heteroatoms. The maximum Gasteiger partial charge on any atom is 0.262 e. The summed E-state index contributed by atoms with van der Waals surface area (Å²) in [4.78, 5) is 11.7. The molecule has 2 aromatic rings. The summed E-state index contributed by atoms with van der Waals surface area (Å²) in [6.45, 7) is 5.03. The molecular weight excluding hydrogens is 260 g/mol. The molecule has 0 atom stereocenters. The number of fused-ring (bicyclic) bond motifs is 1. The first-order chi connectivity index (χ1) is 10.1. The molecule has 1 saturated heterocycles. The summed E-state index contributed by atoms with van der Waals surface area (Å²) >= 11 is 0. The first kappa shape index (κ1) is 13.8. The molecule has 0 spiro atoms. The number of nitrogens with one attached hydrogen (secondary N) is 2. The van der Waals surface area contributed by atoms with Crippen LogP contribution in [0.5, 0.6) is 0 Å². The van der Waals surface area contributed by atoms with Crippen LogP contribution in [0.25, 0.3) is 16.8 Å². The molecular formula is C18H20N2O. The first-order valence-electron chi connectivity index (χ1n) is 7.39. The molecule has 0 saturated carbocycles. The monoisotopic (exact) mass is 280 g/mol. The summed E-state index contributed by atoms with van der Waals surface area (Å²) in [6, 6.07) is 12.7. The Morgan fingerprint density at radius 2 is 1.95 bits per heavy atom. The van der Waals surface area contributed by atoms with Gasteiger partial charge in [-0.2, -0.15) is 0 Å². The number of hydrogen-bond donors (Lipinski definition) is 2. The number of amides is 1. The molecule has 3 rings (SSSR count). The lowest BCUT2D eigenvalue weighted by Crippen LogP contribution is -2.25. The van der Waals surface area contributed by atoms with Crippen molar-refractivity contribution in [2.24, 2.45) is 5.92 Å². The van der Waals surface area contributed by atoms with Gasteiger partial charge in [-0.25, -0.2) is 5.43 Å². The minimum atomic E-state index is -0.0339. The Hall–Kier alpha value is -2.13. The van der Waals surface area contributed by atoms with Crippen LogP contribution < -0.4 is 10.9 Å². The van der Waals surface area contributed by atoms with Crippen molar-refractivity contribution in [2.45, 2.75) is 20.3 Å². The van der Waals surface area contributed by atoms with Gasteiger partial charge in [0, 0.05) is 12.1 Å². The third-order valence-electron chi connectivity index (χ3n) is 3.75. The van der Waals surface area contributed by atoms with Crippen molar-refractivity contribution < 1.29 is 4.79 Å². The van der Waals surface area contributed by atoms with E-state index in [1.54, 1.807) is 0 Å². The molecule has 108 valence electrons. The van der Waals surface area contributed by atoms with Crippen molar-refractivity contribution >= 4 is 22.8 Å². The molecule has 1 aliphatic heterocycles. The predicted octanol–water partition coefficient (Wildman–Crippen LogP) is 3.06. The predicted molar refractivity (Wildman–Crippen MR) is 86.6 cm³/mol. The van der Waals surface area contributed by atoms with Crippen LogP contribution in [0.3, 0.4) is 0 Å². The maximum absolute atomic E-state index is 11.7. The van der Waals surface area contributed by atoms with Crippen molar-refractivity contribution in [3.63, 3.8) is 0 Å². The van der Waals surface area contributed by atoms with Crippen LogP contribution in [0, 0.1) is 5.92 Å². The van der Waals surface area contributed by atoms with Crippen LogP contribution in [-0.4, -0.2) is 12.5 Å². The fourth-order valence-electron chi connectivity index (χ4n) is 2.86. The number of benzene rings is 2. The van der Waals surface area contributed by atoms with Crippen LogP contribution in [0.2, 0.25) is 0 Å². The molecule has 1 heterocycles. The molecule has 0 aromatic heterocycles. The molecule has 1 fully saturated rings. The second-order valence-electron chi connectivity index (χ2n) is 5.94. The van der Waals surface area contributed by atoms with Gasteiger partial charge in [0.25, 0.3) is 5.91 Å². The van der Waals surface area contributed by atoms with Gasteiger partial charge in [0.15, 0.2) is 0 Å². The third-order valence-corrected chi connectivity index (χ3v) is 3.75. The summed E-state index contributed by atoms with van der Waals surface area (Å²) in [7, 11) is 0. The average Bonchev–Trinajstić information content (AvgIpc) is 2.84. The van der Waals surface area contributed by atoms with Gasteiger partial charge in [-0.3, -0.25) is 10.2 Å². The lowest BCUT2D eigenvalue weighted by Gasteiger charge is -2.12. The fourth-order valence-corrected chi connectivity index (χ4v) is 2.86. The SMILES string of the molecule is CC(C)Cc1cccc2cccc(/C=C3\CNNC3=O)c12. The van der Waals surface area contributed by atoms with E-state index in [1.807, 2.05) is 12.1 Å². The van der Waals surface area contributed by atoms with E-state index in [9.17, 15) is 4.79 Å². The van der Waals surface area contributed by atoms with Crippen LogP contribution in [0.15, 0.2) is 42.0 Å². The Balaban J connectivity index is 2.16. The van der Waals surface area contributed by atoms with Gasteiger partial charge in [-0.1, -0.05) is 50.2 Å². The Labute approximate surface area is 125 Å². The smallest absolute Gasteiger partial charge is 0.262 e. The Morgan fingerprint density at radius 3 is 2.62 bits per heavy atom. The Kier molecular flexibility index (Phi) is 3.76. The molecule has 1 aliphatic rings. The zero-order chi connectivity index (χ0) is 14.8. The normalized spacial score (nSPS) is 16.9. The van der Waals surface area contributed by atoms with Crippen molar-refractivity contribution in [2.75, 3.05) is 6.54 Å². The van der Waals surface area contributed by atoms with E-state index in [2.05, 4.69) is 55.0 Å². The van der Waals surface area contributed by atoms with E-state index in [-0.39, 0.29) is 5.91 Å². The topological polar surface area (TPSA) is 41.1 Å². The fraction of sp³-hybridized carbons (Fsp3) is 0.278. The Bertz CT molecular complexity index is 711. The highest BCUT2D eigenvalue weighted by molar-refractivity contribution is 6.03. The molecule has 0 bridgehead atoms. The van der Waals surface area contributed by atoms with Gasteiger partial charge in [-0.05, 0) is 40.3 Å². The Morgan fingerprint density at radius 1 is 1.19 bits per heavy atom. The molecule has 0 radical (unpaired) electrons. The number of hydrogen-bond acceptors (Lipinski definition) is 2. The largest absolute Gasteiger partial charge is 0.287 e. The second kappa shape index (κ2) is 5.70. The molecule has 21 heavy (non-hydrogen) atoms. The summed E-state index contributed by atoms with van der Waals surface area (Å²) in [5, 5.41) is 2.50. The van der Waals surface area contributed by atoms with Gasteiger partial charge in [-0.15, -0.1) is 0 Å². The van der Waals surface area contributed by atoms with Gasteiger partial charge < -0.3 is 0 Å². The number of carbonyl (C=O) groups is 1. The molecule has 0 aliphatic carbocycles. The van der Waals surface area contributed by atoms with Crippen molar-refractivity contribution in [3.8, 4) is 0 Å². The minimum absolute atomic E-state index is 0.0339. The number of carbonyl (C=O) groups excluding carboxylic acids is 1. The van der Waals surface area contributed by atoms with E-state index in [1.165, 1.54) is 16.3 Å². The summed E-state index contributed by atoms with van der Waals surface area (Å²) < 4.78 is 0. The molecule has 2 aromatic carbocycles. The number of hydrazine groups is 1. The van der Waals surface area contributed by atoms with E-state index in [0.717, 1.165) is 17.6 Å². The van der Waals surface area contributed by atoms with Gasteiger partial charge >= 0.3 is 0 Å². The highest BCUT2D eigenvalue weighted by atomic mass is 16.2. The van der Waals surface area contributed by atoms with E-state index in [4.69, 9.17) is 0 Å². The van der Waals surface area contributed by atoms with Crippen LogP contribution in [0.1, 0.15) is 25.0 Å². The molecule has 2 N–H and O–H groups in total. The lowest BCUT2D eigenvalue weighted by molar-refractivity contribution is -0.116. The maximum atomic E-state index is 11.7. The molecule has 0 unspecified atom stereocenters. The summed E-state index contributed by atoms with van der Waals surface area (Å²) in [5.74, 6) is 0.570. The molecule has 3 nitrogen and oxygen atoms in total. The minimum Gasteiger partial charge on any atom is -0.287 e. The van der Waals surface area contributed by atoms with Crippen molar-refractivity contribution in [3.05, 3.63) is 53.1 Å². The van der Waals surface area contributed by atoms with Crippen molar-refractivity contribution in [1.82, 2.24) is 10.9 Å². The van der Waals surface area contributed by atoms with Crippen LogP contribution in [-0.2, 0) is 11.2 Å². The molecule has 1 amide bonds. The quantitative estimate of drug-likeness (QED) is 0.848. The zero-order valence-corrected chi connectivity index (χ0v) is 12.4. The third kappa shape index (κ3) is 2.83. The van der Waals surface area contributed by atoms with Crippen LogP contribution >= 0.6 is 0 Å². The highest BCUT2D eigenvalue weighted by Crippen LogP contribution is 2.27. The average molecular weight is 280 g/mol. The number of rotatable bonds is 3. The zero-order valence-electron chi connectivity index (χ0n) is 12.4. The lowest BCUT2D eigenvalue weighted by atomic mass is 9.93. The van der Waals surface area contributed by atoms with E-state index < -0.39 is 0 Å². The van der Waals surface area contributed by atoms with Gasteiger partial charge in [0.2, 0.25) is 0 Å². The van der Waals surface area contributed by atoms with Gasteiger partial charge in [0.05, 0.1) is 0 Å². The summed E-state index contributed by atoms with van der Waals surface area (Å²) in [6.07, 6.45) is 3.05. The van der Waals surface area contributed by atoms with Crippen LogP contribution in [0.4, 0.5) is 0 Å². The van der Waals surface area contributed by atoms with Crippen molar-refractivity contribution in [1.29, 1.82) is 0 Å². The highest BCUT2D eigenvalue weighted by Gasteiger charge is 2.16. The second-order valence-corrected chi connectivity index (χ2v) is 5.94. The van der Waals surface area contributed by atoms with Gasteiger partial charge in [0.1, 0.15) is 0 Å². The van der Waals surface area contributed by atoms with E-state index >= 15 is 0 Å². The first-order valence-corrected chi connectivity index (χ1v) is 7.39.